The number of benzene rings is 1. The van der Waals surface area contributed by atoms with E-state index in [1.807, 2.05) is 0 Å². The van der Waals surface area contributed by atoms with Gasteiger partial charge >= 0.3 is 5.97 Å². The third kappa shape index (κ3) is 5.80. The Morgan fingerprint density at radius 1 is 1.28 bits per heavy atom. The summed E-state index contributed by atoms with van der Waals surface area (Å²) in [4.78, 5) is 10.5. The predicted octanol–water partition coefficient (Wildman–Crippen LogP) is 3.55. The molecule has 0 aliphatic heterocycles. The third-order valence-corrected chi connectivity index (χ3v) is 6.02. The third-order valence-electron chi connectivity index (χ3n) is 4.27. The van der Waals surface area contributed by atoms with Crippen LogP contribution in [0.5, 0.6) is 0 Å². The molecule has 0 saturated heterocycles. The summed E-state index contributed by atoms with van der Waals surface area (Å²) in [6, 6.07) is 5.32. The van der Waals surface area contributed by atoms with E-state index in [0.29, 0.717) is 30.7 Å². The Bertz CT molecular complexity index is 721. The quantitative estimate of drug-likeness (QED) is 0.666. The maximum absolute atomic E-state index is 14.1. The SMILES string of the molecule is O=C(O)CC/C=C\C[C@H]1[C@H](F)CC[C@@H]1NS(=O)(=O)c1ccc(Cl)cc1. The maximum Gasteiger partial charge on any atom is 0.303 e. The van der Waals surface area contributed by atoms with Crippen molar-refractivity contribution in [2.45, 2.75) is 49.2 Å². The summed E-state index contributed by atoms with van der Waals surface area (Å²) >= 11 is 5.77. The average molecular weight is 390 g/mol. The first-order chi connectivity index (χ1) is 11.8. The van der Waals surface area contributed by atoms with Crippen LogP contribution in [0.25, 0.3) is 0 Å². The van der Waals surface area contributed by atoms with Crippen LogP contribution in [0.15, 0.2) is 41.3 Å². The highest BCUT2D eigenvalue weighted by Gasteiger charge is 2.37. The molecule has 0 heterocycles. The van der Waals surface area contributed by atoms with Crippen molar-refractivity contribution in [2.24, 2.45) is 5.92 Å². The normalized spacial score (nSPS) is 24.0. The van der Waals surface area contributed by atoms with E-state index in [-0.39, 0.29) is 11.3 Å². The molecule has 25 heavy (non-hydrogen) atoms. The second-order valence-electron chi connectivity index (χ2n) is 6.08. The van der Waals surface area contributed by atoms with Crippen LogP contribution in [-0.2, 0) is 14.8 Å². The smallest absolute Gasteiger partial charge is 0.303 e. The van der Waals surface area contributed by atoms with Gasteiger partial charge in [0.1, 0.15) is 6.17 Å². The van der Waals surface area contributed by atoms with Gasteiger partial charge in [-0.15, -0.1) is 0 Å². The van der Waals surface area contributed by atoms with Crippen molar-refractivity contribution in [2.75, 3.05) is 0 Å². The van der Waals surface area contributed by atoms with Crippen molar-refractivity contribution in [1.82, 2.24) is 4.72 Å². The molecule has 0 spiro atoms. The summed E-state index contributed by atoms with van der Waals surface area (Å²) in [7, 11) is -3.74. The number of carbonyl (C=O) groups is 1. The summed E-state index contributed by atoms with van der Waals surface area (Å²) in [5, 5.41) is 9.02. The standard InChI is InChI=1S/C17H21ClFNO4S/c18-12-6-8-13(9-7-12)25(23,24)20-16-11-10-15(19)14(16)4-2-1-3-5-17(21)22/h1-2,6-9,14-16,20H,3-5,10-11H2,(H,21,22)/b2-1-/t14-,15+,16-/m0/s1. The van der Waals surface area contributed by atoms with E-state index in [4.69, 9.17) is 16.7 Å². The fraction of sp³-hybridized carbons (Fsp3) is 0.471. The first-order valence-corrected chi connectivity index (χ1v) is 9.94. The number of sulfonamides is 1. The van der Waals surface area contributed by atoms with E-state index in [2.05, 4.69) is 4.72 Å². The zero-order valence-electron chi connectivity index (χ0n) is 13.6. The number of hydrogen-bond acceptors (Lipinski definition) is 3. The number of hydrogen-bond donors (Lipinski definition) is 2. The van der Waals surface area contributed by atoms with Gasteiger partial charge in [-0.25, -0.2) is 17.5 Å². The van der Waals surface area contributed by atoms with Gasteiger partial charge in [-0.2, -0.15) is 0 Å². The lowest BCUT2D eigenvalue weighted by atomic mass is 9.98. The highest BCUT2D eigenvalue weighted by Crippen LogP contribution is 2.33. The lowest BCUT2D eigenvalue weighted by Gasteiger charge is -2.21. The second-order valence-corrected chi connectivity index (χ2v) is 8.23. The summed E-state index contributed by atoms with van der Waals surface area (Å²) < 4.78 is 41.6. The zero-order chi connectivity index (χ0) is 18.4. The number of carboxylic acid groups (broad SMARTS) is 1. The van der Waals surface area contributed by atoms with E-state index >= 15 is 0 Å². The molecule has 138 valence electrons. The number of halogens is 2. The molecular formula is C17H21ClFNO4S. The van der Waals surface area contributed by atoms with Gasteiger partial charge in [0.2, 0.25) is 10.0 Å². The molecule has 0 unspecified atom stereocenters. The molecule has 0 bridgehead atoms. The Kier molecular flexibility index (Phi) is 6.98. The fourth-order valence-corrected chi connectivity index (χ4v) is 4.38. The van der Waals surface area contributed by atoms with Gasteiger partial charge in [-0.3, -0.25) is 4.79 Å². The Hall–Kier alpha value is -1.44. The van der Waals surface area contributed by atoms with Gasteiger partial charge in [-0.05, 0) is 49.9 Å². The number of carboxylic acids is 1. The minimum atomic E-state index is -3.74. The predicted molar refractivity (Wildman–Crippen MR) is 93.8 cm³/mol. The Balaban J connectivity index is 1.99. The Morgan fingerprint density at radius 3 is 2.60 bits per heavy atom. The van der Waals surface area contributed by atoms with Crippen molar-refractivity contribution in [3.05, 3.63) is 41.4 Å². The molecule has 0 radical (unpaired) electrons. The topological polar surface area (TPSA) is 83.5 Å². The van der Waals surface area contributed by atoms with Crippen molar-refractivity contribution >= 4 is 27.6 Å². The van der Waals surface area contributed by atoms with Crippen molar-refractivity contribution in [1.29, 1.82) is 0 Å². The lowest BCUT2D eigenvalue weighted by molar-refractivity contribution is -0.136. The highest BCUT2D eigenvalue weighted by atomic mass is 35.5. The molecule has 3 atom stereocenters. The number of alkyl halides is 1. The Morgan fingerprint density at radius 2 is 1.96 bits per heavy atom. The van der Waals surface area contributed by atoms with Gasteiger partial charge in [0.05, 0.1) is 4.90 Å². The van der Waals surface area contributed by atoms with Crippen molar-refractivity contribution in [3.63, 3.8) is 0 Å². The van der Waals surface area contributed by atoms with E-state index < -0.39 is 34.1 Å². The summed E-state index contributed by atoms with van der Waals surface area (Å²) in [6.45, 7) is 0. The number of nitrogens with one attached hydrogen (secondary N) is 1. The van der Waals surface area contributed by atoms with Crippen LogP contribution in [0.3, 0.4) is 0 Å². The molecule has 0 aromatic heterocycles. The van der Waals surface area contributed by atoms with Gasteiger partial charge in [0.25, 0.3) is 0 Å². The molecule has 0 amide bonds. The van der Waals surface area contributed by atoms with E-state index in [0.717, 1.165) is 0 Å². The average Bonchev–Trinajstić information content (AvgIpc) is 2.87. The van der Waals surface area contributed by atoms with E-state index in [1.54, 1.807) is 12.2 Å². The minimum absolute atomic E-state index is 0.0207. The van der Waals surface area contributed by atoms with E-state index in [1.165, 1.54) is 24.3 Å². The molecule has 1 aromatic rings. The number of allylic oxidation sites excluding steroid dienone is 2. The molecule has 2 N–H and O–H groups in total. The molecular weight excluding hydrogens is 369 g/mol. The molecule has 1 aliphatic carbocycles. The molecule has 8 heteroatoms. The van der Waals surface area contributed by atoms with Gasteiger partial charge in [-0.1, -0.05) is 23.8 Å². The maximum atomic E-state index is 14.1. The second kappa shape index (κ2) is 8.78. The van der Waals surface area contributed by atoms with E-state index in [9.17, 15) is 17.6 Å². The van der Waals surface area contributed by atoms with Gasteiger partial charge in [0, 0.05) is 23.4 Å². The molecule has 1 aromatic carbocycles. The van der Waals surface area contributed by atoms with Crippen LogP contribution in [0.4, 0.5) is 4.39 Å². The highest BCUT2D eigenvalue weighted by molar-refractivity contribution is 7.89. The van der Waals surface area contributed by atoms with Crippen LogP contribution < -0.4 is 4.72 Å². The van der Waals surface area contributed by atoms with Crippen LogP contribution >= 0.6 is 11.6 Å². The summed E-state index contributed by atoms with van der Waals surface area (Å²) in [6.07, 6.45) is 3.85. The molecule has 1 saturated carbocycles. The monoisotopic (exact) mass is 389 g/mol. The van der Waals surface area contributed by atoms with Crippen molar-refractivity contribution in [3.8, 4) is 0 Å². The van der Waals surface area contributed by atoms with Crippen LogP contribution in [0.2, 0.25) is 5.02 Å². The van der Waals surface area contributed by atoms with Crippen LogP contribution in [0, 0.1) is 5.92 Å². The van der Waals surface area contributed by atoms with Crippen LogP contribution in [-0.4, -0.2) is 31.7 Å². The summed E-state index contributed by atoms with van der Waals surface area (Å²) in [5.41, 5.74) is 0. The fourth-order valence-electron chi connectivity index (χ4n) is 2.94. The zero-order valence-corrected chi connectivity index (χ0v) is 15.1. The Labute approximate surface area is 151 Å². The minimum Gasteiger partial charge on any atom is -0.481 e. The van der Waals surface area contributed by atoms with Gasteiger partial charge < -0.3 is 5.11 Å². The summed E-state index contributed by atoms with van der Waals surface area (Å²) in [5.74, 6) is -1.34. The first-order valence-electron chi connectivity index (χ1n) is 8.08. The van der Waals surface area contributed by atoms with Crippen LogP contribution in [0.1, 0.15) is 32.1 Å². The lowest BCUT2D eigenvalue weighted by Crippen LogP contribution is -2.38. The largest absolute Gasteiger partial charge is 0.481 e. The number of aliphatic carboxylic acids is 1. The first kappa shape index (κ1) is 19.9. The number of rotatable bonds is 8. The molecule has 1 fully saturated rings. The van der Waals surface area contributed by atoms with Gasteiger partial charge in [0.15, 0.2) is 0 Å². The molecule has 2 rings (SSSR count). The van der Waals surface area contributed by atoms with Crippen molar-refractivity contribution < 1.29 is 22.7 Å². The molecule has 5 nitrogen and oxygen atoms in total. The molecule has 1 aliphatic rings.